The molecule has 0 saturated carbocycles. The standard InChI is InChI=1S/C18H14N4OS/c1-12-16(24-18(21-12)14-5-7-20-8-6-14)10-17(23)22-15-4-2-3-13(9-15)11-19/h2-9H,10H2,1H3,(H,22,23). The summed E-state index contributed by atoms with van der Waals surface area (Å²) in [4.78, 5) is 21.7. The first-order chi connectivity index (χ1) is 11.7. The number of amides is 1. The van der Waals surface area contributed by atoms with Crippen molar-refractivity contribution in [2.24, 2.45) is 0 Å². The third kappa shape index (κ3) is 3.65. The molecule has 2 aromatic heterocycles. The molecule has 1 N–H and O–H groups in total. The average Bonchev–Trinajstić information content (AvgIpc) is 2.96. The number of hydrogen-bond donors (Lipinski definition) is 1. The molecule has 0 atom stereocenters. The number of rotatable bonds is 4. The largest absolute Gasteiger partial charge is 0.326 e. The number of nitrogens with one attached hydrogen (secondary N) is 1. The van der Waals surface area contributed by atoms with Crippen molar-refractivity contribution in [3.63, 3.8) is 0 Å². The van der Waals surface area contributed by atoms with E-state index in [1.165, 1.54) is 11.3 Å². The normalized spacial score (nSPS) is 10.2. The molecule has 0 saturated heterocycles. The van der Waals surface area contributed by atoms with Crippen LogP contribution in [0.3, 0.4) is 0 Å². The lowest BCUT2D eigenvalue weighted by molar-refractivity contribution is -0.115. The van der Waals surface area contributed by atoms with Crippen LogP contribution >= 0.6 is 11.3 Å². The third-order valence-corrected chi connectivity index (χ3v) is 4.62. The number of benzene rings is 1. The fraction of sp³-hybridized carbons (Fsp3) is 0.111. The molecule has 1 amide bonds. The molecule has 0 spiro atoms. The highest BCUT2D eigenvalue weighted by Gasteiger charge is 2.13. The molecular weight excluding hydrogens is 320 g/mol. The van der Waals surface area contributed by atoms with Crippen LogP contribution in [0.2, 0.25) is 0 Å². The fourth-order valence-corrected chi connectivity index (χ4v) is 3.29. The highest BCUT2D eigenvalue weighted by Crippen LogP contribution is 2.28. The van der Waals surface area contributed by atoms with E-state index in [1.807, 2.05) is 19.1 Å². The molecular formula is C18H14N4OS. The van der Waals surface area contributed by atoms with Gasteiger partial charge in [0, 0.05) is 28.5 Å². The van der Waals surface area contributed by atoms with Gasteiger partial charge in [0.05, 0.1) is 23.7 Å². The number of hydrogen-bond acceptors (Lipinski definition) is 5. The first-order valence-corrected chi connectivity index (χ1v) is 8.14. The molecule has 3 rings (SSSR count). The summed E-state index contributed by atoms with van der Waals surface area (Å²) in [5.74, 6) is -0.127. The van der Waals surface area contributed by atoms with Gasteiger partial charge < -0.3 is 5.32 Å². The first-order valence-electron chi connectivity index (χ1n) is 7.32. The molecule has 1 aromatic carbocycles. The van der Waals surface area contributed by atoms with Crippen LogP contribution in [0.1, 0.15) is 16.1 Å². The van der Waals surface area contributed by atoms with E-state index in [-0.39, 0.29) is 12.3 Å². The number of carbonyl (C=O) groups is 1. The Morgan fingerprint density at radius 3 is 2.83 bits per heavy atom. The molecule has 0 unspecified atom stereocenters. The fourth-order valence-electron chi connectivity index (χ4n) is 2.23. The molecule has 2 heterocycles. The average molecular weight is 334 g/mol. The maximum absolute atomic E-state index is 12.3. The summed E-state index contributed by atoms with van der Waals surface area (Å²) < 4.78 is 0. The van der Waals surface area contributed by atoms with Crippen molar-refractivity contribution in [3.05, 3.63) is 64.9 Å². The molecule has 0 aliphatic rings. The summed E-state index contributed by atoms with van der Waals surface area (Å²) in [5.41, 5.74) is 2.98. The SMILES string of the molecule is Cc1nc(-c2ccncc2)sc1CC(=O)Nc1cccc(C#N)c1. The van der Waals surface area contributed by atoms with Crippen molar-refractivity contribution < 1.29 is 4.79 Å². The number of aromatic nitrogens is 2. The van der Waals surface area contributed by atoms with Crippen LogP contribution in [0.5, 0.6) is 0 Å². The van der Waals surface area contributed by atoms with Gasteiger partial charge in [-0.3, -0.25) is 9.78 Å². The second kappa shape index (κ2) is 7.02. The maximum Gasteiger partial charge on any atom is 0.229 e. The summed E-state index contributed by atoms with van der Waals surface area (Å²) in [7, 11) is 0. The molecule has 3 aromatic rings. The van der Waals surface area contributed by atoms with Gasteiger partial charge in [0.2, 0.25) is 5.91 Å². The van der Waals surface area contributed by atoms with Crippen molar-refractivity contribution in [1.29, 1.82) is 5.26 Å². The van der Waals surface area contributed by atoms with E-state index in [4.69, 9.17) is 5.26 Å². The monoisotopic (exact) mass is 334 g/mol. The van der Waals surface area contributed by atoms with Crippen molar-refractivity contribution in [2.75, 3.05) is 5.32 Å². The van der Waals surface area contributed by atoms with Gasteiger partial charge in [0.25, 0.3) is 0 Å². The van der Waals surface area contributed by atoms with Crippen molar-refractivity contribution in [1.82, 2.24) is 9.97 Å². The van der Waals surface area contributed by atoms with Gasteiger partial charge in [-0.25, -0.2) is 4.98 Å². The number of anilines is 1. The number of pyridine rings is 1. The van der Waals surface area contributed by atoms with Crippen LogP contribution in [-0.2, 0) is 11.2 Å². The predicted molar refractivity (Wildman–Crippen MR) is 93.6 cm³/mol. The third-order valence-electron chi connectivity index (χ3n) is 3.42. The van der Waals surface area contributed by atoms with Gasteiger partial charge in [0.1, 0.15) is 5.01 Å². The summed E-state index contributed by atoms with van der Waals surface area (Å²) in [5, 5.41) is 12.6. The minimum absolute atomic E-state index is 0.127. The van der Waals surface area contributed by atoms with Gasteiger partial charge >= 0.3 is 0 Å². The highest BCUT2D eigenvalue weighted by atomic mass is 32.1. The Morgan fingerprint density at radius 2 is 2.08 bits per heavy atom. The van der Waals surface area contributed by atoms with Crippen molar-refractivity contribution >= 4 is 22.9 Å². The Labute approximate surface area is 143 Å². The molecule has 5 nitrogen and oxygen atoms in total. The first kappa shape index (κ1) is 15.8. The molecule has 0 radical (unpaired) electrons. The number of carbonyl (C=O) groups excluding carboxylic acids is 1. The molecule has 118 valence electrons. The van der Waals surface area contributed by atoms with Crippen LogP contribution < -0.4 is 5.32 Å². The van der Waals surface area contributed by atoms with Crippen LogP contribution in [0, 0.1) is 18.3 Å². The maximum atomic E-state index is 12.3. The van der Waals surface area contributed by atoms with Gasteiger partial charge in [-0.15, -0.1) is 11.3 Å². The Balaban J connectivity index is 1.73. The number of nitrogens with zero attached hydrogens (tertiary/aromatic N) is 3. The Hall–Kier alpha value is -3.04. The Bertz CT molecular complexity index is 912. The predicted octanol–water partition coefficient (Wildman–Crippen LogP) is 3.57. The zero-order chi connectivity index (χ0) is 16.9. The lowest BCUT2D eigenvalue weighted by Gasteiger charge is -2.04. The van der Waals surface area contributed by atoms with E-state index in [2.05, 4.69) is 21.4 Å². The second-order valence-corrected chi connectivity index (χ2v) is 6.26. The summed E-state index contributed by atoms with van der Waals surface area (Å²) in [6.07, 6.45) is 3.70. The Kier molecular flexibility index (Phi) is 4.64. The molecule has 0 aliphatic heterocycles. The van der Waals surface area contributed by atoms with Gasteiger partial charge in [-0.05, 0) is 37.3 Å². The summed E-state index contributed by atoms with van der Waals surface area (Å²) in [6.45, 7) is 1.90. The number of thiazole rings is 1. The molecule has 0 aliphatic carbocycles. The highest BCUT2D eigenvalue weighted by molar-refractivity contribution is 7.15. The molecule has 0 fully saturated rings. The van der Waals surface area contributed by atoms with E-state index in [0.29, 0.717) is 11.3 Å². The topological polar surface area (TPSA) is 78.7 Å². The molecule has 24 heavy (non-hydrogen) atoms. The zero-order valence-corrected chi connectivity index (χ0v) is 13.8. The zero-order valence-electron chi connectivity index (χ0n) is 13.0. The van der Waals surface area contributed by atoms with Crippen LogP contribution in [-0.4, -0.2) is 15.9 Å². The van der Waals surface area contributed by atoms with Crippen LogP contribution in [0.4, 0.5) is 5.69 Å². The number of aryl methyl sites for hydroxylation is 1. The quantitative estimate of drug-likeness (QED) is 0.791. The van der Waals surface area contributed by atoms with Gasteiger partial charge in [0.15, 0.2) is 0 Å². The summed E-state index contributed by atoms with van der Waals surface area (Å²) in [6, 6.07) is 12.7. The minimum Gasteiger partial charge on any atom is -0.326 e. The summed E-state index contributed by atoms with van der Waals surface area (Å²) >= 11 is 1.51. The van der Waals surface area contributed by atoms with Gasteiger partial charge in [-0.2, -0.15) is 5.26 Å². The van der Waals surface area contributed by atoms with E-state index < -0.39 is 0 Å². The van der Waals surface area contributed by atoms with Crippen molar-refractivity contribution in [2.45, 2.75) is 13.3 Å². The molecule has 6 heteroatoms. The van der Waals surface area contributed by atoms with Gasteiger partial charge in [-0.1, -0.05) is 6.07 Å². The lowest BCUT2D eigenvalue weighted by Crippen LogP contribution is -2.14. The van der Waals surface area contributed by atoms with E-state index >= 15 is 0 Å². The lowest BCUT2D eigenvalue weighted by atomic mass is 10.2. The minimum atomic E-state index is -0.127. The molecule has 0 bridgehead atoms. The van der Waals surface area contributed by atoms with Crippen LogP contribution in [0.25, 0.3) is 10.6 Å². The van der Waals surface area contributed by atoms with Crippen LogP contribution in [0.15, 0.2) is 48.8 Å². The Morgan fingerprint density at radius 1 is 1.29 bits per heavy atom. The second-order valence-electron chi connectivity index (χ2n) is 5.18. The smallest absolute Gasteiger partial charge is 0.229 e. The van der Waals surface area contributed by atoms with E-state index in [9.17, 15) is 4.79 Å². The van der Waals surface area contributed by atoms with E-state index in [1.54, 1.807) is 36.7 Å². The van der Waals surface area contributed by atoms with E-state index in [0.717, 1.165) is 21.1 Å². The number of nitriles is 1. The van der Waals surface area contributed by atoms with Crippen molar-refractivity contribution in [3.8, 4) is 16.6 Å².